The number of unbranched alkanes of at least 4 members (excludes halogenated alkanes) is 1. The van der Waals surface area contributed by atoms with Crippen LogP contribution in [0.1, 0.15) is 37.4 Å². The van der Waals surface area contributed by atoms with Gasteiger partial charge in [-0.3, -0.25) is 4.79 Å². The van der Waals surface area contributed by atoms with Crippen LogP contribution in [0.3, 0.4) is 0 Å². The Balaban J connectivity index is 1.96. The molecule has 0 aliphatic rings. The lowest BCUT2D eigenvalue weighted by atomic mass is 10.1. The quantitative estimate of drug-likeness (QED) is 0.787. The molecule has 2 aromatic rings. The maximum atomic E-state index is 10.4. The number of aromatic nitrogens is 3. The van der Waals surface area contributed by atoms with Crippen molar-refractivity contribution in [2.24, 2.45) is 0 Å². The summed E-state index contributed by atoms with van der Waals surface area (Å²) in [6.45, 7) is 2.12. The number of hydrogen-bond acceptors (Lipinski definition) is 3. The molecule has 1 N–H and O–H groups in total. The smallest absolute Gasteiger partial charge is 0.303 e. The molecule has 0 aliphatic heterocycles. The van der Waals surface area contributed by atoms with E-state index >= 15 is 0 Å². The molecule has 0 unspecified atom stereocenters. The molecule has 5 heteroatoms. The summed E-state index contributed by atoms with van der Waals surface area (Å²) in [5, 5.41) is 16.8. The molecular formula is C15H19N3O2. The SMILES string of the molecule is CCc1cccc(-n2cc(CCCCC(=O)O)nn2)c1. The third kappa shape index (κ3) is 3.91. The van der Waals surface area contributed by atoms with E-state index in [1.54, 1.807) is 4.68 Å². The molecule has 0 amide bonds. The summed E-state index contributed by atoms with van der Waals surface area (Å²) in [4.78, 5) is 10.4. The van der Waals surface area contributed by atoms with Gasteiger partial charge < -0.3 is 5.11 Å². The molecule has 5 nitrogen and oxygen atoms in total. The van der Waals surface area contributed by atoms with Crippen molar-refractivity contribution < 1.29 is 9.90 Å². The van der Waals surface area contributed by atoms with E-state index in [1.807, 2.05) is 18.3 Å². The topological polar surface area (TPSA) is 68.0 Å². The van der Waals surface area contributed by atoms with Crippen LogP contribution in [0.25, 0.3) is 5.69 Å². The monoisotopic (exact) mass is 273 g/mol. The van der Waals surface area contributed by atoms with Crippen LogP contribution in [0.2, 0.25) is 0 Å². The number of carboxylic acid groups (broad SMARTS) is 1. The van der Waals surface area contributed by atoms with Gasteiger partial charge in [-0.15, -0.1) is 5.10 Å². The van der Waals surface area contributed by atoms with Gasteiger partial charge in [0.2, 0.25) is 0 Å². The van der Waals surface area contributed by atoms with Crippen LogP contribution >= 0.6 is 0 Å². The molecule has 0 spiro atoms. The highest BCUT2D eigenvalue weighted by atomic mass is 16.4. The highest BCUT2D eigenvalue weighted by Gasteiger charge is 2.04. The van der Waals surface area contributed by atoms with Crippen LogP contribution < -0.4 is 0 Å². The standard InChI is InChI=1S/C15H19N3O2/c1-2-12-6-5-8-14(10-12)18-11-13(16-17-18)7-3-4-9-15(19)20/h5-6,8,10-11H,2-4,7,9H2,1H3,(H,19,20). The molecule has 0 fully saturated rings. The van der Waals surface area contributed by atoms with E-state index in [2.05, 4.69) is 29.4 Å². The van der Waals surface area contributed by atoms with Crippen LogP contribution in [0.5, 0.6) is 0 Å². The molecule has 0 bridgehead atoms. The van der Waals surface area contributed by atoms with Crippen LogP contribution in [0, 0.1) is 0 Å². The van der Waals surface area contributed by atoms with Crippen molar-refractivity contribution in [3.63, 3.8) is 0 Å². The fourth-order valence-electron chi connectivity index (χ4n) is 2.04. The second-order valence-electron chi connectivity index (χ2n) is 4.78. The lowest BCUT2D eigenvalue weighted by molar-refractivity contribution is -0.137. The Labute approximate surface area is 118 Å². The summed E-state index contributed by atoms with van der Waals surface area (Å²) in [6, 6.07) is 8.21. The molecule has 106 valence electrons. The molecule has 0 aliphatic carbocycles. The van der Waals surface area contributed by atoms with Gasteiger partial charge >= 0.3 is 5.97 Å². The van der Waals surface area contributed by atoms with Crippen LogP contribution in [0.15, 0.2) is 30.5 Å². The maximum Gasteiger partial charge on any atom is 0.303 e. The number of hydrogen-bond donors (Lipinski definition) is 1. The maximum absolute atomic E-state index is 10.4. The largest absolute Gasteiger partial charge is 0.481 e. The Morgan fingerprint density at radius 1 is 1.35 bits per heavy atom. The number of benzene rings is 1. The minimum Gasteiger partial charge on any atom is -0.481 e. The number of aryl methyl sites for hydroxylation is 2. The molecule has 0 saturated carbocycles. The zero-order chi connectivity index (χ0) is 14.4. The van der Waals surface area contributed by atoms with E-state index in [0.717, 1.165) is 30.6 Å². The molecule has 1 aromatic heterocycles. The molecule has 2 rings (SSSR count). The summed E-state index contributed by atoms with van der Waals surface area (Å²) in [7, 11) is 0. The van der Waals surface area contributed by atoms with Gasteiger partial charge in [0, 0.05) is 6.42 Å². The van der Waals surface area contributed by atoms with Crippen molar-refractivity contribution in [2.45, 2.75) is 39.0 Å². The molecular weight excluding hydrogens is 254 g/mol. The summed E-state index contributed by atoms with van der Waals surface area (Å²) in [5.41, 5.74) is 3.17. The van der Waals surface area contributed by atoms with E-state index < -0.39 is 5.97 Å². The van der Waals surface area contributed by atoms with Crippen molar-refractivity contribution >= 4 is 5.97 Å². The minimum absolute atomic E-state index is 0.215. The van der Waals surface area contributed by atoms with Gasteiger partial charge in [-0.25, -0.2) is 4.68 Å². The van der Waals surface area contributed by atoms with Crippen molar-refractivity contribution in [1.29, 1.82) is 0 Å². The normalized spacial score (nSPS) is 10.7. The highest BCUT2D eigenvalue weighted by Crippen LogP contribution is 2.11. The minimum atomic E-state index is -0.745. The highest BCUT2D eigenvalue weighted by molar-refractivity contribution is 5.66. The van der Waals surface area contributed by atoms with Gasteiger partial charge in [0.05, 0.1) is 17.6 Å². The van der Waals surface area contributed by atoms with Crippen molar-refractivity contribution in [1.82, 2.24) is 15.0 Å². The van der Waals surface area contributed by atoms with E-state index in [1.165, 1.54) is 5.56 Å². The first-order valence-electron chi connectivity index (χ1n) is 6.91. The van der Waals surface area contributed by atoms with Crippen molar-refractivity contribution in [3.05, 3.63) is 41.7 Å². The Kier molecular flexibility index (Phi) is 4.87. The fraction of sp³-hybridized carbons (Fsp3) is 0.400. The average molecular weight is 273 g/mol. The first-order valence-corrected chi connectivity index (χ1v) is 6.91. The zero-order valence-electron chi connectivity index (χ0n) is 11.6. The lowest BCUT2D eigenvalue weighted by Crippen LogP contribution is -1.95. The third-order valence-electron chi connectivity index (χ3n) is 3.20. The van der Waals surface area contributed by atoms with Crippen molar-refractivity contribution in [2.75, 3.05) is 0 Å². The Morgan fingerprint density at radius 3 is 2.95 bits per heavy atom. The van der Waals surface area contributed by atoms with Gasteiger partial charge in [0.1, 0.15) is 0 Å². The van der Waals surface area contributed by atoms with E-state index in [9.17, 15) is 4.79 Å². The Morgan fingerprint density at radius 2 is 2.20 bits per heavy atom. The number of carboxylic acids is 1. The summed E-state index contributed by atoms with van der Waals surface area (Å²) < 4.78 is 1.77. The molecule has 0 radical (unpaired) electrons. The first kappa shape index (κ1) is 14.2. The van der Waals surface area contributed by atoms with Gasteiger partial charge in [-0.2, -0.15) is 0 Å². The van der Waals surface area contributed by atoms with Crippen LogP contribution in [-0.4, -0.2) is 26.1 Å². The predicted molar refractivity (Wildman–Crippen MR) is 75.9 cm³/mol. The fourth-order valence-corrected chi connectivity index (χ4v) is 2.04. The van der Waals surface area contributed by atoms with E-state index in [0.29, 0.717) is 6.42 Å². The Hall–Kier alpha value is -2.17. The molecule has 1 heterocycles. The van der Waals surface area contributed by atoms with E-state index in [4.69, 9.17) is 5.11 Å². The summed E-state index contributed by atoms with van der Waals surface area (Å²) in [5.74, 6) is -0.745. The number of carbonyl (C=O) groups is 1. The third-order valence-corrected chi connectivity index (χ3v) is 3.20. The molecule has 1 aromatic carbocycles. The second kappa shape index (κ2) is 6.84. The Bertz CT molecular complexity index is 578. The van der Waals surface area contributed by atoms with E-state index in [-0.39, 0.29) is 6.42 Å². The van der Waals surface area contributed by atoms with Gasteiger partial charge in [-0.05, 0) is 43.4 Å². The molecule has 0 saturated heterocycles. The van der Waals surface area contributed by atoms with Crippen LogP contribution in [-0.2, 0) is 17.6 Å². The first-order chi connectivity index (χ1) is 9.69. The van der Waals surface area contributed by atoms with Crippen LogP contribution in [0.4, 0.5) is 0 Å². The molecule has 20 heavy (non-hydrogen) atoms. The predicted octanol–water partition coefficient (Wildman–Crippen LogP) is 2.63. The second-order valence-corrected chi connectivity index (χ2v) is 4.78. The summed E-state index contributed by atoms with van der Waals surface area (Å²) >= 11 is 0. The van der Waals surface area contributed by atoms with Gasteiger partial charge in [0.25, 0.3) is 0 Å². The van der Waals surface area contributed by atoms with Crippen molar-refractivity contribution in [3.8, 4) is 5.69 Å². The number of rotatable bonds is 7. The zero-order valence-corrected chi connectivity index (χ0v) is 11.6. The number of nitrogens with zero attached hydrogens (tertiary/aromatic N) is 3. The number of aliphatic carboxylic acids is 1. The lowest BCUT2D eigenvalue weighted by Gasteiger charge is -2.02. The molecule has 0 atom stereocenters. The van der Waals surface area contributed by atoms with Gasteiger partial charge in [-0.1, -0.05) is 24.3 Å². The van der Waals surface area contributed by atoms with Gasteiger partial charge in [0.15, 0.2) is 0 Å². The summed E-state index contributed by atoms with van der Waals surface area (Å²) in [6.07, 6.45) is 5.38. The average Bonchev–Trinajstić information content (AvgIpc) is 2.92.